The first kappa shape index (κ1) is 11.2. The van der Waals surface area contributed by atoms with Crippen molar-refractivity contribution in [2.24, 2.45) is 0 Å². The van der Waals surface area contributed by atoms with Gasteiger partial charge in [0.05, 0.1) is 17.9 Å². The van der Waals surface area contributed by atoms with E-state index < -0.39 is 0 Å². The van der Waals surface area contributed by atoms with Crippen molar-refractivity contribution in [3.8, 4) is 0 Å². The fraction of sp³-hybridized carbons (Fsp3) is 0.727. The molecule has 0 fully saturated rings. The summed E-state index contributed by atoms with van der Waals surface area (Å²) in [5.41, 5.74) is 2.08. The SMILES string of the molecule is Cc1noc(C)c1CCOC(C)(C)C. The Bertz CT molecular complexity index is 277. The molecule has 0 aromatic carbocycles. The van der Waals surface area contributed by atoms with Crippen molar-refractivity contribution < 1.29 is 9.26 Å². The standard InChI is InChI=1S/C11H19NO2/c1-8-10(9(2)14-12-8)6-7-13-11(3,4)5/h6-7H2,1-5H3. The number of rotatable bonds is 3. The van der Waals surface area contributed by atoms with Crippen molar-refractivity contribution in [2.75, 3.05) is 6.61 Å². The molecule has 3 nitrogen and oxygen atoms in total. The summed E-state index contributed by atoms with van der Waals surface area (Å²) in [6, 6.07) is 0. The minimum atomic E-state index is -0.0705. The van der Waals surface area contributed by atoms with Gasteiger partial charge in [-0.25, -0.2) is 0 Å². The summed E-state index contributed by atoms with van der Waals surface area (Å²) in [6.45, 7) is 10.8. The van der Waals surface area contributed by atoms with Gasteiger partial charge in [-0.1, -0.05) is 5.16 Å². The second-order valence-electron chi connectivity index (χ2n) is 4.51. The van der Waals surface area contributed by atoms with Gasteiger partial charge >= 0.3 is 0 Å². The van der Waals surface area contributed by atoms with Crippen molar-refractivity contribution in [1.82, 2.24) is 5.16 Å². The summed E-state index contributed by atoms with van der Waals surface area (Å²) in [5.74, 6) is 0.903. The fourth-order valence-electron chi connectivity index (χ4n) is 1.32. The van der Waals surface area contributed by atoms with E-state index >= 15 is 0 Å². The quantitative estimate of drug-likeness (QED) is 0.747. The van der Waals surface area contributed by atoms with Gasteiger partial charge in [-0.2, -0.15) is 0 Å². The van der Waals surface area contributed by atoms with E-state index in [2.05, 4.69) is 25.9 Å². The normalized spacial score (nSPS) is 12.1. The van der Waals surface area contributed by atoms with Crippen LogP contribution in [0, 0.1) is 13.8 Å². The number of aryl methyl sites for hydroxylation is 2. The molecule has 1 rings (SSSR count). The molecule has 1 aromatic rings. The van der Waals surface area contributed by atoms with Gasteiger partial charge in [0.15, 0.2) is 0 Å². The molecule has 0 saturated carbocycles. The van der Waals surface area contributed by atoms with Gasteiger partial charge in [0.1, 0.15) is 5.76 Å². The third-order valence-electron chi connectivity index (χ3n) is 2.07. The Kier molecular flexibility index (Phi) is 3.32. The van der Waals surface area contributed by atoms with Crippen LogP contribution in [0.25, 0.3) is 0 Å². The molecule has 0 spiro atoms. The molecule has 3 heteroatoms. The molecule has 0 atom stereocenters. The second kappa shape index (κ2) is 4.13. The Morgan fingerprint density at radius 2 is 1.93 bits per heavy atom. The lowest BCUT2D eigenvalue weighted by Gasteiger charge is -2.19. The van der Waals surface area contributed by atoms with Crippen molar-refractivity contribution in [1.29, 1.82) is 0 Å². The van der Waals surface area contributed by atoms with Crippen molar-refractivity contribution in [3.05, 3.63) is 17.0 Å². The smallest absolute Gasteiger partial charge is 0.137 e. The summed E-state index contributed by atoms with van der Waals surface area (Å²) < 4.78 is 10.7. The third kappa shape index (κ3) is 3.14. The van der Waals surface area contributed by atoms with Gasteiger partial charge in [0.25, 0.3) is 0 Å². The highest BCUT2D eigenvalue weighted by Crippen LogP contribution is 2.14. The lowest BCUT2D eigenvalue weighted by Crippen LogP contribution is -2.20. The minimum Gasteiger partial charge on any atom is -0.376 e. The number of aromatic nitrogens is 1. The van der Waals surface area contributed by atoms with Crippen LogP contribution in [0.5, 0.6) is 0 Å². The van der Waals surface area contributed by atoms with Crippen LogP contribution in [0.3, 0.4) is 0 Å². The largest absolute Gasteiger partial charge is 0.376 e. The van der Waals surface area contributed by atoms with Crippen LogP contribution < -0.4 is 0 Å². The molecule has 0 bridgehead atoms. The second-order valence-corrected chi connectivity index (χ2v) is 4.51. The summed E-state index contributed by atoms with van der Waals surface area (Å²) in [5, 5.41) is 3.90. The van der Waals surface area contributed by atoms with Gasteiger partial charge < -0.3 is 9.26 Å². The van der Waals surface area contributed by atoms with Crippen molar-refractivity contribution in [2.45, 2.75) is 46.6 Å². The van der Waals surface area contributed by atoms with E-state index in [0.717, 1.165) is 17.9 Å². The van der Waals surface area contributed by atoms with Crippen LogP contribution >= 0.6 is 0 Å². The van der Waals surface area contributed by atoms with Gasteiger partial charge in [0.2, 0.25) is 0 Å². The molecule has 1 aromatic heterocycles. The number of hydrogen-bond donors (Lipinski definition) is 0. The zero-order valence-corrected chi connectivity index (χ0v) is 9.68. The van der Waals surface area contributed by atoms with Crippen LogP contribution in [-0.2, 0) is 11.2 Å². The molecule has 0 aliphatic rings. The molecular formula is C11H19NO2. The topological polar surface area (TPSA) is 35.3 Å². The molecule has 0 aliphatic heterocycles. The first-order valence-electron chi connectivity index (χ1n) is 4.96. The maximum atomic E-state index is 5.64. The first-order chi connectivity index (χ1) is 6.40. The third-order valence-corrected chi connectivity index (χ3v) is 2.07. The average molecular weight is 197 g/mol. The molecule has 14 heavy (non-hydrogen) atoms. The summed E-state index contributed by atoms with van der Waals surface area (Å²) in [4.78, 5) is 0. The van der Waals surface area contributed by atoms with E-state index in [1.54, 1.807) is 0 Å². The van der Waals surface area contributed by atoms with Crippen LogP contribution in [0.15, 0.2) is 4.52 Å². The number of nitrogens with zero attached hydrogens (tertiary/aromatic N) is 1. The molecule has 0 aliphatic carbocycles. The number of hydrogen-bond acceptors (Lipinski definition) is 3. The molecule has 0 amide bonds. The van der Waals surface area contributed by atoms with E-state index in [9.17, 15) is 0 Å². The van der Waals surface area contributed by atoms with Crippen LogP contribution in [0.1, 0.15) is 37.8 Å². The molecule has 0 radical (unpaired) electrons. The van der Waals surface area contributed by atoms with E-state index in [1.165, 1.54) is 5.56 Å². The zero-order chi connectivity index (χ0) is 10.8. The highest BCUT2D eigenvalue weighted by atomic mass is 16.5. The Balaban J connectivity index is 2.46. The fourth-order valence-corrected chi connectivity index (χ4v) is 1.32. The molecular weight excluding hydrogens is 178 g/mol. The lowest BCUT2D eigenvalue weighted by atomic mass is 10.1. The predicted molar refractivity (Wildman–Crippen MR) is 55.4 cm³/mol. The lowest BCUT2D eigenvalue weighted by molar-refractivity contribution is -0.00113. The minimum absolute atomic E-state index is 0.0705. The molecule has 80 valence electrons. The summed E-state index contributed by atoms with van der Waals surface area (Å²) in [7, 11) is 0. The summed E-state index contributed by atoms with van der Waals surface area (Å²) >= 11 is 0. The molecule has 0 unspecified atom stereocenters. The van der Waals surface area contributed by atoms with Crippen LogP contribution in [-0.4, -0.2) is 17.4 Å². The molecule has 1 heterocycles. The van der Waals surface area contributed by atoms with Gasteiger partial charge in [-0.05, 0) is 34.6 Å². The Morgan fingerprint density at radius 3 is 2.36 bits per heavy atom. The highest BCUT2D eigenvalue weighted by Gasteiger charge is 2.12. The van der Waals surface area contributed by atoms with Gasteiger partial charge in [-0.15, -0.1) is 0 Å². The van der Waals surface area contributed by atoms with Gasteiger partial charge in [0, 0.05) is 12.0 Å². The monoisotopic (exact) mass is 197 g/mol. The van der Waals surface area contributed by atoms with Gasteiger partial charge in [-0.3, -0.25) is 0 Å². The van der Waals surface area contributed by atoms with E-state index in [0.29, 0.717) is 6.61 Å². The van der Waals surface area contributed by atoms with Crippen molar-refractivity contribution >= 4 is 0 Å². The van der Waals surface area contributed by atoms with Crippen LogP contribution in [0.2, 0.25) is 0 Å². The summed E-state index contributed by atoms with van der Waals surface area (Å²) in [6.07, 6.45) is 0.873. The zero-order valence-electron chi connectivity index (χ0n) is 9.68. The number of ether oxygens (including phenoxy) is 1. The van der Waals surface area contributed by atoms with E-state index in [-0.39, 0.29) is 5.60 Å². The first-order valence-corrected chi connectivity index (χ1v) is 4.96. The average Bonchev–Trinajstić information content (AvgIpc) is 2.33. The van der Waals surface area contributed by atoms with E-state index in [4.69, 9.17) is 9.26 Å². The maximum Gasteiger partial charge on any atom is 0.137 e. The molecule has 0 saturated heterocycles. The highest BCUT2D eigenvalue weighted by molar-refractivity contribution is 5.20. The van der Waals surface area contributed by atoms with Crippen molar-refractivity contribution in [3.63, 3.8) is 0 Å². The molecule has 0 N–H and O–H groups in total. The predicted octanol–water partition coefficient (Wildman–Crippen LogP) is 2.65. The van der Waals surface area contributed by atoms with Crippen LogP contribution in [0.4, 0.5) is 0 Å². The Morgan fingerprint density at radius 1 is 1.29 bits per heavy atom. The van der Waals surface area contributed by atoms with E-state index in [1.807, 2.05) is 13.8 Å². The Hall–Kier alpha value is -0.830. The Labute approximate surface area is 85.4 Å². The maximum absolute atomic E-state index is 5.64.